The third kappa shape index (κ3) is 8.19. The molecule has 0 heteroatoms. The quantitative estimate of drug-likeness (QED) is 0.429. The van der Waals surface area contributed by atoms with E-state index in [-0.39, 0.29) is 0 Å². The van der Waals surface area contributed by atoms with Crippen LogP contribution in [0.15, 0.2) is 0 Å². The van der Waals surface area contributed by atoms with Crippen molar-refractivity contribution in [3.05, 3.63) is 0 Å². The van der Waals surface area contributed by atoms with Gasteiger partial charge in [0, 0.05) is 0 Å². The van der Waals surface area contributed by atoms with Gasteiger partial charge in [0.2, 0.25) is 0 Å². The minimum atomic E-state index is 0.859. The third-order valence-corrected chi connectivity index (χ3v) is 4.12. The lowest BCUT2D eigenvalue weighted by Gasteiger charge is -2.21. The number of hydrogen-bond acceptors (Lipinski definition) is 0. The van der Waals surface area contributed by atoms with Gasteiger partial charge in [0.15, 0.2) is 0 Å². The van der Waals surface area contributed by atoms with Crippen molar-refractivity contribution in [2.24, 2.45) is 23.7 Å². The molecule has 0 N–H and O–H groups in total. The van der Waals surface area contributed by atoms with Crippen LogP contribution < -0.4 is 0 Å². The maximum atomic E-state index is 2.44. The Hall–Kier alpha value is 0. The van der Waals surface area contributed by atoms with Gasteiger partial charge < -0.3 is 0 Å². The highest BCUT2D eigenvalue weighted by atomic mass is 14.2. The predicted molar refractivity (Wildman–Crippen MR) is 75.7 cm³/mol. The summed E-state index contributed by atoms with van der Waals surface area (Å²) in [5.41, 5.74) is 0. The molecule has 0 amide bonds. The summed E-state index contributed by atoms with van der Waals surface area (Å²) in [4.78, 5) is 0. The van der Waals surface area contributed by atoms with Crippen LogP contribution in [0.1, 0.15) is 80.1 Å². The van der Waals surface area contributed by atoms with E-state index in [0.717, 1.165) is 23.7 Å². The molecule has 0 aromatic rings. The minimum absolute atomic E-state index is 0.859. The zero-order valence-electron chi connectivity index (χ0n) is 12.6. The molecule has 0 fully saturated rings. The molecule has 0 aliphatic carbocycles. The molecule has 0 aromatic heterocycles. The van der Waals surface area contributed by atoms with Gasteiger partial charge in [-0.1, -0.05) is 73.6 Å². The van der Waals surface area contributed by atoms with Crippen LogP contribution in [-0.2, 0) is 0 Å². The molecule has 16 heavy (non-hydrogen) atoms. The SMILES string of the molecule is CCC(C)CCCCC(C)C(C)CC(C)C. The van der Waals surface area contributed by atoms with Gasteiger partial charge in [0.05, 0.1) is 0 Å². The van der Waals surface area contributed by atoms with Crippen LogP contribution in [0.5, 0.6) is 0 Å². The van der Waals surface area contributed by atoms with Crippen molar-refractivity contribution in [1.82, 2.24) is 0 Å². The molecule has 0 heterocycles. The Labute approximate surface area is 104 Å². The van der Waals surface area contributed by atoms with Crippen molar-refractivity contribution in [3.63, 3.8) is 0 Å². The van der Waals surface area contributed by atoms with Crippen LogP contribution in [0.2, 0.25) is 0 Å². The highest BCUT2D eigenvalue weighted by Crippen LogP contribution is 2.25. The van der Waals surface area contributed by atoms with Crippen molar-refractivity contribution in [2.75, 3.05) is 0 Å². The molecule has 0 aromatic carbocycles. The number of unbranched alkanes of at least 4 members (excludes halogenated alkanes) is 1. The van der Waals surface area contributed by atoms with E-state index in [0.29, 0.717) is 0 Å². The minimum Gasteiger partial charge on any atom is -0.0651 e. The van der Waals surface area contributed by atoms with E-state index in [2.05, 4.69) is 41.5 Å². The molecule has 0 saturated carbocycles. The predicted octanol–water partition coefficient (Wildman–Crippen LogP) is 5.91. The zero-order chi connectivity index (χ0) is 12.6. The van der Waals surface area contributed by atoms with Crippen molar-refractivity contribution in [3.8, 4) is 0 Å². The highest BCUT2D eigenvalue weighted by molar-refractivity contribution is 4.64. The summed E-state index contributed by atoms with van der Waals surface area (Å²) in [6, 6.07) is 0. The Kier molecular flexibility index (Phi) is 9.07. The second-order valence-corrected chi connectivity index (χ2v) is 6.38. The van der Waals surface area contributed by atoms with Gasteiger partial charge in [-0.25, -0.2) is 0 Å². The Balaban J connectivity index is 3.53. The maximum absolute atomic E-state index is 2.44. The topological polar surface area (TPSA) is 0 Å². The number of rotatable bonds is 9. The van der Waals surface area contributed by atoms with Crippen LogP contribution in [0, 0.1) is 23.7 Å². The Morgan fingerprint density at radius 2 is 1.31 bits per heavy atom. The van der Waals surface area contributed by atoms with E-state index in [4.69, 9.17) is 0 Å². The average Bonchev–Trinajstić information content (AvgIpc) is 2.22. The molecular formula is C16H34. The molecule has 3 unspecified atom stereocenters. The van der Waals surface area contributed by atoms with Crippen LogP contribution in [0.3, 0.4) is 0 Å². The fourth-order valence-corrected chi connectivity index (χ4v) is 2.42. The molecule has 0 nitrogen and oxygen atoms in total. The molecule has 0 rings (SSSR count). The Morgan fingerprint density at radius 3 is 1.81 bits per heavy atom. The first-order valence-electron chi connectivity index (χ1n) is 7.47. The van der Waals surface area contributed by atoms with Gasteiger partial charge >= 0.3 is 0 Å². The molecular weight excluding hydrogens is 192 g/mol. The van der Waals surface area contributed by atoms with Crippen LogP contribution >= 0.6 is 0 Å². The van der Waals surface area contributed by atoms with E-state index in [1.807, 2.05) is 0 Å². The van der Waals surface area contributed by atoms with Crippen LogP contribution in [0.4, 0.5) is 0 Å². The van der Waals surface area contributed by atoms with Gasteiger partial charge in [-0.05, 0) is 30.1 Å². The second-order valence-electron chi connectivity index (χ2n) is 6.38. The Bertz CT molecular complexity index is 148. The largest absolute Gasteiger partial charge is 0.0651 e. The van der Waals surface area contributed by atoms with Crippen molar-refractivity contribution in [1.29, 1.82) is 0 Å². The Morgan fingerprint density at radius 1 is 0.750 bits per heavy atom. The summed E-state index contributed by atoms with van der Waals surface area (Å²) >= 11 is 0. The van der Waals surface area contributed by atoms with Gasteiger partial charge in [0.25, 0.3) is 0 Å². The van der Waals surface area contributed by atoms with Gasteiger partial charge in [-0.3, -0.25) is 0 Å². The fourth-order valence-electron chi connectivity index (χ4n) is 2.42. The van der Waals surface area contributed by atoms with Crippen molar-refractivity contribution < 1.29 is 0 Å². The van der Waals surface area contributed by atoms with Crippen molar-refractivity contribution >= 4 is 0 Å². The first-order chi connectivity index (χ1) is 7.47. The van der Waals surface area contributed by atoms with E-state index >= 15 is 0 Å². The lowest BCUT2D eigenvalue weighted by atomic mass is 9.84. The molecule has 98 valence electrons. The second kappa shape index (κ2) is 9.07. The summed E-state index contributed by atoms with van der Waals surface area (Å²) in [5, 5.41) is 0. The standard InChI is InChI=1S/C16H34/c1-7-14(4)10-8-9-11-15(5)16(6)12-13(2)3/h13-16H,7-12H2,1-6H3. The van der Waals surface area contributed by atoms with Crippen LogP contribution in [0.25, 0.3) is 0 Å². The molecule has 0 bridgehead atoms. The van der Waals surface area contributed by atoms with Crippen molar-refractivity contribution in [2.45, 2.75) is 80.1 Å². The molecule has 0 aliphatic rings. The normalized spacial score (nSPS) is 17.4. The monoisotopic (exact) mass is 226 g/mol. The summed E-state index contributed by atoms with van der Waals surface area (Å²) in [5.74, 6) is 3.61. The summed E-state index contributed by atoms with van der Waals surface area (Å²) in [6.07, 6.45) is 8.49. The summed E-state index contributed by atoms with van der Waals surface area (Å²) in [7, 11) is 0. The third-order valence-electron chi connectivity index (χ3n) is 4.12. The van der Waals surface area contributed by atoms with Crippen LogP contribution in [-0.4, -0.2) is 0 Å². The first kappa shape index (κ1) is 16.0. The van der Waals surface area contributed by atoms with E-state index in [1.54, 1.807) is 0 Å². The van der Waals surface area contributed by atoms with Gasteiger partial charge in [0.1, 0.15) is 0 Å². The zero-order valence-corrected chi connectivity index (χ0v) is 12.6. The van der Waals surface area contributed by atoms with E-state index in [1.165, 1.54) is 38.5 Å². The highest BCUT2D eigenvalue weighted by Gasteiger charge is 2.13. The van der Waals surface area contributed by atoms with Gasteiger partial charge in [-0.2, -0.15) is 0 Å². The summed E-state index contributed by atoms with van der Waals surface area (Å²) in [6.45, 7) is 14.2. The fraction of sp³-hybridized carbons (Fsp3) is 1.00. The first-order valence-corrected chi connectivity index (χ1v) is 7.47. The maximum Gasteiger partial charge on any atom is -0.0415 e. The van der Waals surface area contributed by atoms with Gasteiger partial charge in [-0.15, -0.1) is 0 Å². The van der Waals surface area contributed by atoms with E-state index < -0.39 is 0 Å². The summed E-state index contributed by atoms with van der Waals surface area (Å²) < 4.78 is 0. The number of hydrogen-bond donors (Lipinski definition) is 0. The molecule has 0 saturated heterocycles. The lowest BCUT2D eigenvalue weighted by molar-refractivity contribution is 0.298. The van der Waals surface area contributed by atoms with E-state index in [9.17, 15) is 0 Å². The molecule has 3 atom stereocenters. The smallest absolute Gasteiger partial charge is 0.0415 e. The average molecular weight is 226 g/mol. The molecule has 0 radical (unpaired) electrons. The molecule has 0 aliphatic heterocycles. The molecule has 0 spiro atoms. The lowest BCUT2D eigenvalue weighted by Crippen LogP contribution is -2.10.